The number of amides is 2. The van der Waals surface area contributed by atoms with E-state index < -0.39 is 0 Å². The van der Waals surface area contributed by atoms with Gasteiger partial charge in [0.25, 0.3) is 0 Å². The smallest absolute Gasteiger partial charge is 0.319 e. The van der Waals surface area contributed by atoms with Crippen molar-refractivity contribution in [2.75, 3.05) is 16.8 Å². The summed E-state index contributed by atoms with van der Waals surface area (Å²) in [5.74, 6) is 0.391. The lowest BCUT2D eigenvalue weighted by molar-refractivity contribution is 0.105. The molecule has 8 nitrogen and oxygen atoms in total. The quantitative estimate of drug-likeness (QED) is 0.445. The normalized spacial score (nSPS) is 13.8. The molecule has 0 spiro atoms. The van der Waals surface area contributed by atoms with E-state index >= 15 is 0 Å². The molecule has 0 aliphatic heterocycles. The number of aromatic nitrogens is 2. The van der Waals surface area contributed by atoms with Crippen molar-refractivity contribution in [2.45, 2.75) is 44.9 Å². The number of nitrogen functional groups attached to an aromatic ring is 2. The van der Waals surface area contributed by atoms with Crippen LogP contribution >= 0.6 is 0 Å². The second kappa shape index (κ2) is 10.1. The summed E-state index contributed by atoms with van der Waals surface area (Å²) in [7, 11) is 0. The van der Waals surface area contributed by atoms with Crippen molar-refractivity contribution < 1.29 is 9.53 Å². The van der Waals surface area contributed by atoms with Crippen LogP contribution in [0.2, 0.25) is 0 Å². The van der Waals surface area contributed by atoms with E-state index in [1.54, 1.807) is 0 Å². The molecule has 6 N–H and O–H groups in total. The average Bonchev–Trinajstić information content (AvgIpc) is 3.28. The van der Waals surface area contributed by atoms with Crippen LogP contribution in [-0.4, -0.2) is 22.0 Å². The molecule has 32 heavy (non-hydrogen) atoms. The fourth-order valence-electron chi connectivity index (χ4n) is 3.95. The summed E-state index contributed by atoms with van der Waals surface area (Å²) < 4.78 is 5.85. The maximum Gasteiger partial charge on any atom is 0.319 e. The maximum absolute atomic E-state index is 12.2. The molecule has 0 radical (unpaired) electrons. The van der Waals surface area contributed by atoms with E-state index in [-0.39, 0.29) is 30.4 Å². The third-order valence-electron chi connectivity index (χ3n) is 5.50. The zero-order valence-corrected chi connectivity index (χ0v) is 17.9. The second-order valence-corrected chi connectivity index (χ2v) is 7.92. The van der Waals surface area contributed by atoms with E-state index in [9.17, 15) is 4.79 Å². The Morgan fingerprint density at radius 1 is 0.969 bits per heavy atom. The van der Waals surface area contributed by atoms with Gasteiger partial charge >= 0.3 is 6.03 Å². The number of nitrogens with one attached hydrogen (secondary N) is 2. The minimum Gasteiger partial charge on any atom is -0.383 e. The molecule has 1 aliphatic carbocycles. The number of nitrogens with two attached hydrogens (primary N) is 2. The Hall–Kier alpha value is -3.65. The zero-order chi connectivity index (χ0) is 22.3. The number of hydrogen-bond donors (Lipinski definition) is 4. The Kier molecular flexibility index (Phi) is 6.81. The van der Waals surface area contributed by atoms with Crippen LogP contribution in [0.4, 0.5) is 22.2 Å². The summed E-state index contributed by atoms with van der Waals surface area (Å²) in [5, 5.41) is 5.90. The molecule has 2 aromatic carbocycles. The molecule has 1 aliphatic rings. The highest BCUT2D eigenvalue weighted by molar-refractivity contribution is 5.90. The predicted octanol–water partition coefficient (Wildman–Crippen LogP) is 4.09. The van der Waals surface area contributed by atoms with Gasteiger partial charge in [-0.2, -0.15) is 4.98 Å². The van der Waals surface area contributed by atoms with Crippen LogP contribution < -0.4 is 22.1 Å². The van der Waals surface area contributed by atoms with Crippen LogP contribution in [0.5, 0.6) is 0 Å². The molecule has 1 heterocycles. The van der Waals surface area contributed by atoms with Gasteiger partial charge in [0.15, 0.2) is 0 Å². The van der Waals surface area contributed by atoms with Crippen molar-refractivity contribution in [3.8, 4) is 11.1 Å². The lowest BCUT2D eigenvalue weighted by Crippen LogP contribution is -2.36. The first-order valence-corrected chi connectivity index (χ1v) is 10.8. The van der Waals surface area contributed by atoms with Gasteiger partial charge in [-0.1, -0.05) is 55.3 Å². The number of ether oxygens (including phenoxy) is 1. The first-order chi connectivity index (χ1) is 15.6. The molecule has 166 valence electrons. The van der Waals surface area contributed by atoms with Crippen molar-refractivity contribution in [3.63, 3.8) is 0 Å². The van der Waals surface area contributed by atoms with Crippen LogP contribution in [0.25, 0.3) is 11.1 Å². The third kappa shape index (κ3) is 5.53. The summed E-state index contributed by atoms with van der Waals surface area (Å²) >= 11 is 0. The van der Waals surface area contributed by atoms with Gasteiger partial charge < -0.3 is 26.8 Å². The van der Waals surface area contributed by atoms with Crippen molar-refractivity contribution >= 4 is 23.5 Å². The molecular formula is C24H28N6O2. The largest absolute Gasteiger partial charge is 0.383 e. The fourth-order valence-corrected chi connectivity index (χ4v) is 3.95. The van der Waals surface area contributed by atoms with Gasteiger partial charge in [0.1, 0.15) is 5.82 Å². The Bertz CT molecular complexity index is 1050. The van der Waals surface area contributed by atoms with Crippen molar-refractivity contribution in [2.24, 2.45) is 0 Å². The Balaban J connectivity index is 1.45. The number of rotatable bonds is 7. The number of hydrogen-bond acceptors (Lipinski definition) is 6. The van der Waals surface area contributed by atoms with Gasteiger partial charge in [-0.05, 0) is 36.1 Å². The first kappa shape index (κ1) is 21.6. The molecule has 1 fully saturated rings. The molecule has 1 aromatic heterocycles. The highest BCUT2D eigenvalue weighted by Crippen LogP contribution is 2.30. The van der Waals surface area contributed by atoms with Gasteiger partial charge in [-0.15, -0.1) is 0 Å². The summed E-state index contributed by atoms with van der Waals surface area (Å²) in [6, 6.07) is 17.4. The second-order valence-electron chi connectivity index (χ2n) is 7.92. The van der Waals surface area contributed by atoms with Crippen molar-refractivity contribution in [1.29, 1.82) is 0 Å². The minimum atomic E-state index is -0.185. The van der Waals surface area contributed by atoms with Gasteiger partial charge in [0.2, 0.25) is 5.95 Å². The summed E-state index contributed by atoms with van der Waals surface area (Å²) in [6.45, 7) is 0.688. The monoisotopic (exact) mass is 432 g/mol. The van der Waals surface area contributed by atoms with Crippen LogP contribution in [0, 0.1) is 0 Å². The Labute approximate surface area is 187 Å². The Morgan fingerprint density at radius 3 is 2.41 bits per heavy atom. The lowest BCUT2D eigenvalue weighted by atomic mass is 10.0. The zero-order valence-electron chi connectivity index (χ0n) is 17.9. The number of anilines is 3. The van der Waals surface area contributed by atoms with Gasteiger partial charge in [-0.3, -0.25) is 0 Å². The molecule has 0 atom stereocenters. The lowest BCUT2D eigenvalue weighted by Gasteiger charge is -2.15. The van der Waals surface area contributed by atoms with Crippen molar-refractivity contribution in [1.82, 2.24) is 15.3 Å². The first-order valence-electron chi connectivity index (χ1n) is 10.8. The predicted molar refractivity (Wildman–Crippen MR) is 126 cm³/mol. The molecule has 3 aromatic rings. The molecular weight excluding hydrogens is 404 g/mol. The maximum atomic E-state index is 12.2. The molecule has 0 saturated heterocycles. The SMILES string of the molecule is Nc1nc(N)c(-c2ccc(NC(=O)NC3CCCC3)cc2)c(COCc2ccccc2)n1. The number of urea groups is 1. The van der Waals surface area contributed by atoms with Gasteiger partial charge in [0, 0.05) is 17.3 Å². The van der Waals surface area contributed by atoms with Crippen LogP contribution in [0.15, 0.2) is 54.6 Å². The van der Waals surface area contributed by atoms with E-state index in [0.29, 0.717) is 23.6 Å². The molecule has 2 amide bonds. The number of carbonyl (C=O) groups excluding carboxylic acids is 1. The van der Waals surface area contributed by atoms with Crippen LogP contribution in [-0.2, 0) is 18.0 Å². The highest BCUT2D eigenvalue weighted by atomic mass is 16.5. The van der Waals surface area contributed by atoms with Gasteiger partial charge in [0.05, 0.1) is 18.9 Å². The number of benzene rings is 2. The van der Waals surface area contributed by atoms with E-state index in [0.717, 1.165) is 24.0 Å². The minimum absolute atomic E-state index is 0.103. The summed E-state index contributed by atoms with van der Waals surface area (Å²) in [4.78, 5) is 20.7. The highest BCUT2D eigenvalue weighted by Gasteiger charge is 2.17. The standard InChI is InChI=1S/C24H28N6O2/c25-22-21(20(29-23(26)30-22)15-32-14-16-6-2-1-3-7-16)17-10-12-19(13-11-17)28-24(31)27-18-8-4-5-9-18/h1-3,6-7,10-13,18H,4-5,8-9,14-15H2,(H2,27,28,31)(H4,25,26,29,30). The third-order valence-corrected chi connectivity index (χ3v) is 5.50. The molecule has 0 bridgehead atoms. The summed E-state index contributed by atoms with van der Waals surface area (Å²) in [5.41, 5.74) is 15.9. The van der Waals surface area contributed by atoms with E-state index in [4.69, 9.17) is 16.2 Å². The molecule has 1 saturated carbocycles. The van der Waals surface area contributed by atoms with Crippen molar-refractivity contribution in [3.05, 3.63) is 65.9 Å². The van der Waals surface area contributed by atoms with E-state index in [1.165, 1.54) is 12.8 Å². The molecule has 4 rings (SSSR count). The number of nitrogens with zero attached hydrogens (tertiary/aromatic N) is 2. The van der Waals surface area contributed by atoms with Gasteiger partial charge in [-0.25, -0.2) is 9.78 Å². The Morgan fingerprint density at radius 2 is 1.69 bits per heavy atom. The average molecular weight is 433 g/mol. The molecule has 0 unspecified atom stereocenters. The van der Waals surface area contributed by atoms with Crippen LogP contribution in [0.1, 0.15) is 36.9 Å². The summed E-state index contributed by atoms with van der Waals surface area (Å²) in [6.07, 6.45) is 4.42. The fraction of sp³-hybridized carbons (Fsp3) is 0.292. The van der Waals surface area contributed by atoms with E-state index in [1.807, 2.05) is 54.6 Å². The molecule has 8 heteroatoms. The van der Waals surface area contributed by atoms with E-state index in [2.05, 4.69) is 20.6 Å². The topological polar surface area (TPSA) is 128 Å². The number of carbonyl (C=O) groups is 1. The van der Waals surface area contributed by atoms with Crippen LogP contribution in [0.3, 0.4) is 0 Å².